The van der Waals surface area contributed by atoms with Crippen molar-refractivity contribution in [2.45, 2.75) is 13.3 Å². The zero-order valence-electron chi connectivity index (χ0n) is 21.6. The summed E-state index contributed by atoms with van der Waals surface area (Å²) >= 11 is 1.66. The summed E-state index contributed by atoms with van der Waals surface area (Å²) in [6, 6.07) is 15.2. The number of halogens is 1. The summed E-state index contributed by atoms with van der Waals surface area (Å²) in [5.74, 6) is -0.369. The van der Waals surface area contributed by atoms with Gasteiger partial charge in [0, 0.05) is 33.3 Å². The van der Waals surface area contributed by atoms with Gasteiger partial charge in [0.25, 0.3) is 0 Å². The van der Waals surface area contributed by atoms with Crippen LogP contribution in [0.3, 0.4) is 0 Å². The average molecular weight is 561 g/mol. The second-order valence-electron chi connectivity index (χ2n) is 9.53. The molecule has 0 saturated carbocycles. The summed E-state index contributed by atoms with van der Waals surface area (Å²) in [5, 5.41) is 10.3. The first-order valence-electron chi connectivity index (χ1n) is 12.8. The number of thiophene rings is 1. The molecule has 0 unspecified atom stereocenters. The van der Waals surface area contributed by atoms with Gasteiger partial charge in [-0.1, -0.05) is 30.3 Å². The molecule has 0 spiro atoms. The standard InChI is InChI=1S/C30H21FN8OS/c1-16-7-8-23(41-16)20-13-33-14-22-28(20)37-30(36-22)29-25-21(38-39-29)15-34-27(26(25)31)18-10-19(12-32-11-18)35-24(40)9-17-5-3-2-4-6-17/h2-8,10-15H,9H2,1H3,(H,35,40)(H,36,37)(H,38,39). The fraction of sp³-hybridized carbons (Fsp3) is 0.0667. The number of imidazole rings is 1. The summed E-state index contributed by atoms with van der Waals surface area (Å²) < 4.78 is 16.1. The average Bonchev–Trinajstić information content (AvgIpc) is 3.72. The van der Waals surface area contributed by atoms with E-state index >= 15 is 4.39 Å². The molecule has 200 valence electrons. The van der Waals surface area contributed by atoms with Crippen molar-refractivity contribution < 1.29 is 9.18 Å². The van der Waals surface area contributed by atoms with Gasteiger partial charge in [-0.25, -0.2) is 9.37 Å². The second kappa shape index (κ2) is 10.0. The molecule has 0 bridgehead atoms. The van der Waals surface area contributed by atoms with Gasteiger partial charge in [0.15, 0.2) is 11.6 Å². The minimum Gasteiger partial charge on any atom is -0.335 e. The maximum absolute atomic E-state index is 16.1. The number of aromatic nitrogens is 7. The fourth-order valence-electron chi connectivity index (χ4n) is 4.78. The second-order valence-corrected chi connectivity index (χ2v) is 10.8. The lowest BCUT2D eigenvalue weighted by atomic mass is 10.1. The Morgan fingerprint density at radius 2 is 1.83 bits per heavy atom. The quantitative estimate of drug-likeness (QED) is 0.219. The SMILES string of the molecule is Cc1ccc(-c2cncc3[nH]c(-c4n[nH]c5cnc(-c6cncc(NC(=O)Cc7ccccc7)c6)c(F)c45)nc23)s1. The van der Waals surface area contributed by atoms with E-state index in [1.54, 1.807) is 29.8 Å². The highest BCUT2D eigenvalue weighted by molar-refractivity contribution is 7.15. The molecule has 6 heterocycles. The number of anilines is 1. The third-order valence-corrected chi connectivity index (χ3v) is 7.71. The Hall–Kier alpha value is -5.29. The molecule has 0 aliphatic carbocycles. The van der Waals surface area contributed by atoms with Crippen molar-refractivity contribution in [1.29, 1.82) is 0 Å². The molecular formula is C30H21FN8OS. The van der Waals surface area contributed by atoms with Crippen LogP contribution in [0.1, 0.15) is 10.4 Å². The molecule has 7 rings (SSSR count). The number of carbonyl (C=O) groups excluding carboxylic acids is 1. The third-order valence-electron chi connectivity index (χ3n) is 6.67. The van der Waals surface area contributed by atoms with Crippen molar-refractivity contribution >= 4 is 44.9 Å². The number of carbonyl (C=O) groups is 1. The zero-order valence-corrected chi connectivity index (χ0v) is 22.5. The lowest BCUT2D eigenvalue weighted by Crippen LogP contribution is -2.14. The van der Waals surface area contributed by atoms with Crippen LogP contribution in [0.5, 0.6) is 0 Å². The first-order chi connectivity index (χ1) is 20.0. The van der Waals surface area contributed by atoms with Crippen molar-refractivity contribution in [3.05, 3.63) is 95.8 Å². The smallest absolute Gasteiger partial charge is 0.228 e. The van der Waals surface area contributed by atoms with Gasteiger partial charge in [-0.15, -0.1) is 11.3 Å². The normalized spacial score (nSPS) is 11.4. The Morgan fingerprint density at radius 3 is 2.66 bits per heavy atom. The van der Waals surface area contributed by atoms with E-state index in [1.165, 1.54) is 23.5 Å². The number of fused-ring (bicyclic) bond motifs is 2. The minimum absolute atomic E-state index is 0.0827. The number of pyridine rings is 3. The molecule has 0 fully saturated rings. The number of aryl methyl sites for hydroxylation is 1. The highest BCUT2D eigenvalue weighted by Gasteiger charge is 2.22. The number of hydrogen-bond acceptors (Lipinski definition) is 7. The molecule has 11 heteroatoms. The van der Waals surface area contributed by atoms with Gasteiger partial charge in [-0.2, -0.15) is 5.10 Å². The van der Waals surface area contributed by atoms with Crippen molar-refractivity contribution in [3.63, 3.8) is 0 Å². The van der Waals surface area contributed by atoms with E-state index in [1.807, 2.05) is 43.3 Å². The molecule has 0 aliphatic heterocycles. The van der Waals surface area contributed by atoms with Gasteiger partial charge in [-0.05, 0) is 30.7 Å². The summed E-state index contributed by atoms with van der Waals surface area (Å²) in [7, 11) is 0. The van der Waals surface area contributed by atoms with Crippen LogP contribution in [0.2, 0.25) is 0 Å². The van der Waals surface area contributed by atoms with E-state index in [9.17, 15) is 4.79 Å². The summed E-state index contributed by atoms with van der Waals surface area (Å²) in [6.45, 7) is 2.05. The lowest BCUT2D eigenvalue weighted by molar-refractivity contribution is -0.115. The van der Waals surface area contributed by atoms with Gasteiger partial charge in [-0.3, -0.25) is 24.8 Å². The Bertz CT molecular complexity index is 2060. The molecule has 41 heavy (non-hydrogen) atoms. The lowest BCUT2D eigenvalue weighted by Gasteiger charge is -2.08. The molecule has 0 radical (unpaired) electrons. The van der Waals surface area contributed by atoms with Crippen molar-refractivity contribution in [1.82, 2.24) is 35.1 Å². The molecule has 7 aromatic rings. The third kappa shape index (κ3) is 4.61. The number of amides is 1. The maximum atomic E-state index is 16.1. The van der Waals surface area contributed by atoms with Crippen molar-refractivity contribution in [2.75, 3.05) is 5.32 Å². The van der Waals surface area contributed by atoms with Crippen LogP contribution >= 0.6 is 11.3 Å². The largest absolute Gasteiger partial charge is 0.335 e. The predicted octanol–water partition coefficient (Wildman–Crippen LogP) is 6.32. The monoisotopic (exact) mass is 560 g/mol. The zero-order chi connectivity index (χ0) is 27.9. The van der Waals surface area contributed by atoms with Gasteiger partial charge >= 0.3 is 0 Å². The first-order valence-corrected chi connectivity index (χ1v) is 13.6. The Labute approximate surface area is 236 Å². The van der Waals surface area contributed by atoms with E-state index in [0.29, 0.717) is 28.3 Å². The van der Waals surface area contributed by atoms with Crippen LogP contribution in [0, 0.1) is 12.7 Å². The van der Waals surface area contributed by atoms with Crippen LogP contribution < -0.4 is 5.32 Å². The highest BCUT2D eigenvalue weighted by atomic mass is 32.1. The highest BCUT2D eigenvalue weighted by Crippen LogP contribution is 2.36. The molecule has 0 saturated heterocycles. The van der Waals surface area contributed by atoms with E-state index in [4.69, 9.17) is 4.98 Å². The summed E-state index contributed by atoms with van der Waals surface area (Å²) in [5.41, 5.74) is 4.92. The number of aromatic amines is 2. The molecule has 9 nitrogen and oxygen atoms in total. The van der Waals surface area contributed by atoms with Gasteiger partial charge in [0.05, 0.1) is 47.1 Å². The van der Waals surface area contributed by atoms with Crippen LogP contribution in [-0.4, -0.2) is 41.0 Å². The van der Waals surface area contributed by atoms with Crippen LogP contribution in [0.15, 0.2) is 79.5 Å². The molecule has 3 N–H and O–H groups in total. The molecular weight excluding hydrogens is 539 g/mol. The summed E-state index contributed by atoms with van der Waals surface area (Å²) in [4.78, 5) is 35.8. The molecule has 1 amide bonds. The Balaban J connectivity index is 1.24. The number of nitrogens with one attached hydrogen (secondary N) is 3. The number of H-pyrrole nitrogens is 2. The maximum Gasteiger partial charge on any atom is 0.228 e. The van der Waals surface area contributed by atoms with Crippen molar-refractivity contribution in [2.24, 2.45) is 0 Å². The Morgan fingerprint density at radius 1 is 0.976 bits per heavy atom. The first kappa shape index (κ1) is 24.7. The number of benzene rings is 1. The molecule has 0 aliphatic rings. The molecule has 1 aromatic carbocycles. The molecule has 6 aromatic heterocycles. The predicted molar refractivity (Wildman–Crippen MR) is 157 cm³/mol. The number of nitrogens with zero attached hydrogens (tertiary/aromatic N) is 5. The fourth-order valence-corrected chi connectivity index (χ4v) is 5.66. The Kier molecular flexibility index (Phi) is 6.05. The number of hydrogen-bond donors (Lipinski definition) is 3. The van der Waals surface area contributed by atoms with E-state index in [2.05, 4.69) is 41.5 Å². The van der Waals surface area contributed by atoms with Crippen LogP contribution in [0.4, 0.5) is 10.1 Å². The van der Waals surface area contributed by atoms with Gasteiger partial charge in [0.2, 0.25) is 5.91 Å². The minimum atomic E-state index is -0.575. The van der Waals surface area contributed by atoms with Crippen LogP contribution in [-0.2, 0) is 11.2 Å². The van der Waals surface area contributed by atoms with E-state index < -0.39 is 5.82 Å². The summed E-state index contributed by atoms with van der Waals surface area (Å²) in [6.07, 6.45) is 8.23. The van der Waals surface area contributed by atoms with E-state index in [-0.39, 0.29) is 23.4 Å². The van der Waals surface area contributed by atoms with Crippen LogP contribution in [0.25, 0.3) is 55.2 Å². The van der Waals surface area contributed by atoms with Gasteiger partial charge in [0.1, 0.15) is 16.9 Å². The topological polar surface area (TPSA) is 125 Å². The molecule has 0 atom stereocenters. The van der Waals surface area contributed by atoms with Crippen molar-refractivity contribution in [3.8, 4) is 33.2 Å². The number of rotatable bonds is 6. The van der Waals surface area contributed by atoms with Gasteiger partial charge < -0.3 is 10.3 Å². The van der Waals surface area contributed by atoms with E-state index in [0.717, 1.165) is 27.0 Å².